The fourth-order valence-corrected chi connectivity index (χ4v) is 4.79. The fraction of sp³-hybridized carbons (Fsp3) is 0.731. The van der Waals surface area contributed by atoms with Crippen LogP contribution in [0.15, 0.2) is 30.3 Å². The van der Waals surface area contributed by atoms with Gasteiger partial charge in [0.1, 0.15) is 5.78 Å². The molecule has 0 radical (unpaired) electrons. The third kappa shape index (κ3) is 6.15. The number of Topliss-reactive ketones (excluding diaryl/α,β-unsaturated/α-hetero) is 1. The zero-order valence-corrected chi connectivity index (χ0v) is 19.7. The summed E-state index contributed by atoms with van der Waals surface area (Å²) in [6.45, 7) is 14.1. The van der Waals surface area contributed by atoms with E-state index < -0.39 is 0 Å². The molecular formula is C26H43N3O. The highest BCUT2D eigenvalue weighted by Gasteiger charge is 2.38. The van der Waals surface area contributed by atoms with Crippen molar-refractivity contribution in [3.8, 4) is 0 Å². The molecule has 3 fully saturated rings. The Labute approximate surface area is 184 Å². The van der Waals surface area contributed by atoms with E-state index in [0.29, 0.717) is 17.6 Å². The van der Waals surface area contributed by atoms with E-state index in [-0.39, 0.29) is 5.41 Å². The highest BCUT2D eigenvalue weighted by atomic mass is 16.1. The average molecular weight is 414 g/mol. The first-order valence-electron chi connectivity index (χ1n) is 12.1. The van der Waals surface area contributed by atoms with Crippen LogP contribution in [0.25, 0.3) is 0 Å². The number of nitrogens with one attached hydrogen (secondary N) is 2. The lowest BCUT2D eigenvalue weighted by Crippen LogP contribution is -2.54. The Hall–Kier alpha value is -1.23. The van der Waals surface area contributed by atoms with Crippen molar-refractivity contribution in [3.63, 3.8) is 0 Å². The molecule has 3 unspecified atom stereocenters. The summed E-state index contributed by atoms with van der Waals surface area (Å²) in [5, 5.41) is 7.30. The van der Waals surface area contributed by atoms with E-state index in [0.717, 1.165) is 38.1 Å². The topological polar surface area (TPSA) is 44.4 Å². The fourth-order valence-electron chi connectivity index (χ4n) is 4.79. The standard InChI is InChI=1S/C15H21NO.C11H22N2/c1-3-15(2)12-16(10-9-14(15)17)11-13-7-5-4-6-8-13;1-3-11(2)8-12-7-6-10(11)13-9-4-5-9/h4-8H,3,9-12H2,1-2H3;9-10,12-13H,3-8H2,1-2H3. The maximum absolute atomic E-state index is 11.9. The van der Waals surface area contributed by atoms with Crippen molar-refractivity contribution in [2.45, 2.75) is 84.8 Å². The van der Waals surface area contributed by atoms with Gasteiger partial charge < -0.3 is 10.6 Å². The van der Waals surface area contributed by atoms with Gasteiger partial charge in [-0.2, -0.15) is 0 Å². The predicted octanol–water partition coefficient (Wildman–Crippen LogP) is 4.39. The van der Waals surface area contributed by atoms with Crippen LogP contribution >= 0.6 is 0 Å². The van der Waals surface area contributed by atoms with Crippen LogP contribution in [0.2, 0.25) is 0 Å². The number of nitrogens with zero attached hydrogens (tertiary/aromatic N) is 1. The van der Waals surface area contributed by atoms with E-state index in [2.05, 4.69) is 67.5 Å². The van der Waals surface area contributed by atoms with E-state index in [1.807, 2.05) is 6.07 Å². The van der Waals surface area contributed by atoms with Gasteiger partial charge in [0.15, 0.2) is 0 Å². The number of likely N-dealkylation sites (tertiary alicyclic amines) is 1. The van der Waals surface area contributed by atoms with Crippen molar-refractivity contribution in [1.29, 1.82) is 0 Å². The smallest absolute Gasteiger partial charge is 0.141 e. The van der Waals surface area contributed by atoms with Crippen LogP contribution in [0, 0.1) is 10.8 Å². The maximum Gasteiger partial charge on any atom is 0.141 e. The Morgan fingerprint density at radius 2 is 1.83 bits per heavy atom. The lowest BCUT2D eigenvalue weighted by Gasteiger charge is -2.42. The molecule has 2 heterocycles. The molecular weight excluding hydrogens is 370 g/mol. The van der Waals surface area contributed by atoms with Crippen LogP contribution in [0.5, 0.6) is 0 Å². The second kappa shape index (κ2) is 10.4. The van der Waals surface area contributed by atoms with Gasteiger partial charge in [0.05, 0.1) is 0 Å². The number of rotatable bonds is 6. The Bertz CT molecular complexity index is 674. The predicted molar refractivity (Wildman–Crippen MR) is 126 cm³/mol. The third-order valence-corrected chi connectivity index (χ3v) is 7.73. The third-order valence-electron chi connectivity index (χ3n) is 7.73. The largest absolute Gasteiger partial charge is 0.316 e. The van der Waals surface area contributed by atoms with Gasteiger partial charge in [0.2, 0.25) is 0 Å². The van der Waals surface area contributed by atoms with Gasteiger partial charge in [-0.25, -0.2) is 0 Å². The minimum Gasteiger partial charge on any atom is -0.316 e. The summed E-state index contributed by atoms with van der Waals surface area (Å²) in [6.07, 6.45) is 7.05. The van der Waals surface area contributed by atoms with Gasteiger partial charge >= 0.3 is 0 Å². The number of carbonyl (C=O) groups is 1. The summed E-state index contributed by atoms with van der Waals surface area (Å²) in [5.41, 5.74) is 1.69. The monoisotopic (exact) mass is 413 g/mol. The summed E-state index contributed by atoms with van der Waals surface area (Å²) in [5.74, 6) is 0.435. The average Bonchev–Trinajstić information content (AvgIpc) is 3.58. The van der Waals surface area contributed by atoms with Crippen molar-refractivity contribution < 1.29 is 4.79 Å². The maximum atomic E-state index is 11.9. The molecule has 0 spiro atoms. The van der Waals surface area contributed by atoms with Gasteiger partial charge in [-0.1, -0.05) is 58.0 Å². The summed E-state index contributed by atoms with van der Waals surface area (Å²) < 4.78 is 0. The normalized spacial score (nSPS) is 32.4. The highest BCUT2D eigenvalue weighted by molar-refractivity contribution is 5.85. The molecule has 3 atom stereocenters. The number of hydrogen-bond acceptors (Lipinski definition) is 4. The van der Waals surface area contributed by atoms with E-state index in [1.54, 1.807) is 0 Å². The molecule has 1 aliphatic carbocycles. The van der Waals surface area contributed by atoms with E-state index in [9.17, 15) is 4.79 Å². The number of hydrogen-bond donors (Lipinski definition) is 2. The van der Waals surface area contributed by atoms with Crippen molar-refractivity contribution in [2.75, 3.05) is 26.2 Å². The first kappa shape index (κ1) is 23.4. The van der Waals surface area contributed by atoms with Crippen LogP contribution in [0.1, 0.15) is 71.8 Å². The first-order valence-corrected chi connectivity index (χ1v) is 12.1. The lowest BCUT2D eigenvalue weighted by atomic mass is 9.76. The highest BCUT2D eigenvalue weighted by Crippen LogP contribution is 2.32. The number of carbonyl (C=O) groups excluding carboxylic acids is 1. The zero-order chi connectivity index (χ0) is 21.6. The lowest BCUT2D eigenvalue weighted by molar-refractivity contribution is -0.133. The molecule has 3 aliphatic rings. The molecule has 2 aliphatic heterocycles. The molecule has 4 rings (SSSR count). The SMILES string of the molecule is CCC1(C)CN(Cc2ccccc2)CCC1=O.CCC1(C)CNCCC1NC1CC1. The van der Waals surface area contributed by atoms with Crippen LogP contribution in [-0.4, -0.2) is 48.9 Å². The first-order chi connectivity index (χ1) is 14.4. The Morgan fingerprint density at radius 3 is 2.47 bits per heavy atom. The van der Waals surface area contributed by atoms with Crippen molar-refractivity contribution >= 4 is 5.78 Å². The van der Waals surface area contributed by atoms with E-state index >= 15 is 0 Å². The van der Waals surface area contributed by atoms with Crippen LogP contribution in [0.3, 0.4) is 0 Å². The molecule has 1 aromatic rings. The molecule has 2 N–H and O–H groups in total. The van der Waals surface area contributed by atoms with Crippen LogP contribution < -0.4 is 10.6 Å². The van der Waals surface area contributed by atoms with E-state index in [1.165, 1.54) is 44.3 Å². The Morgan fingerprint density at radius 1 is 1.10 bits per heavy atom. The van der Waals surface area contributed by atoms with Gasteiger partial charge in [-0.3, -0.25) is 9.69 Å². The molecule has 4 nitrogen and oxygen atoms in total. The molecule has 1 saturated carbocycles. The number of benzene rings is 1. The van der Waals surface area contributed by atoms with Gasteiger partial charge in [-0.05, 0) is 49.6 Å². The molecule has 1 aromatic carbocycles. The van der Waals surface area contributed by atoms with Crippen LogP contribution in [-0.2, 0) is 11.3 Å². The quantitative estimate of drug-likeness (QED) is 0.726. The Kier molecular flexibility index (Phi) is 8.11. The summed E-state index contributed by atoms with van der Waals surface area (Å²) >= 11 is 0. The van der Waals surface area contributed by atoms with Gasteiger partial charge in [-0.15, -0.1) is 0 Å². The van der Waals surface area contributed by atoms with Crippen molar-refractivity contribution in [1.82, 2.24) is 15.5 Å². The molecule has 0 amide bonds. The minimum atomic E-state index is -0.132. The van der Waals surface area contributed by atoms with Crippen molar-refractivity contribution in [2.24, 2.45) is 10.8 Å². The molecule has 0 bridgehead atoms. The molecule has 0 aromatic heterocycles. The zero-order valence-electron chi connectivity index (χ0n) is 19.7. The molecule has 30 heavy (non-hydrogen) atoms. The van der Waals surface area contributed by atoms with Gasteiger partial charge in [0.25, 0.3) is 0 Å². The summed E-state index contributed by atoms with van der Waals surface area (Å²) in [6, 6.07) is 12.1. The second-order valence-corrected chi connectivity index (χ2v) is 10.3. The number of ketones is 1. The molecule has 2 saturated heterocycles. The van der Waals surface area contributed by atoms with Crippen LogP contribution in [0.4, 0.5) is 0 Å². The molecule has 168 valence electrons. The van der Waals surface area contributed by atoms with E-state index in [4.69, 9.17) is 0 Å². The molecule has 4 heteroatoms. The summed E-state index contributed by atoms with van der Waals surface area (Å²) in [7, 11) is 0. The number of piperidine rings is 2. The summed E-state index contributed by atoms with van der Waals surface area (Å²) in [4.78, 5) is 14.3. The van der Waals surface area contributed by atoms with Crippen molar-refractivity contribution in [3.05, 3.63) is 35.9 Å². The Balaban J connectivity index is 0.000000177. The van der Waals surface area contributed by atoms with Gasteiger partial charge in [0, 0.05) is 50.1 Å². The minimum absolute atomic E-state index is 0.132. The second-order valence-electron chi connectivity index (χ2n) is 10.3.